The highest BCUT2D eigenvalue weighted by Gasteiger charge is 2.34. The number of nitrogens with zero attached hydrogens (tertiary/aromatic N) is 1. The van der Waals surface area contributed by atoms with Crippen molar-refractivity contribution in [2.75, 3.05) is 18.1 Å². The summed E-state index contributed by atoms with van der Waals surface area (Å²) in [6, 6.07) is 11.4. The van der Waals surface area contributed by atoms with Gasteiger partial charge in [-0.05, 0) is 81.0 Å². The van der Waals surface area contributed by atoms with Gasteiger partial charge in [0.15, 0.2) is 22.7 Å². The van der Waals surface area contributed by atoms with E-state index in [1.807, 2.05) is 6.92 Å². The van der Waals surface area contributed by atoms with Crippen molar-refractivity contribution in [2.45, 2.75) is 26.9 Å². The van der Waals surface area contributed by atoms with Gasteiger partial charge in [-0.2, -0.15) is 0 Å². The van der Waals surface area contributed by atoms with E-state index >= 15 is 0 Å². The number of benzene rings is 2. The second-order valence-corrected chi connectivity index (χ2v) is 7.51. The van der Waals surface area contributed by atoms with Gasteiger partial charge in [0.1, 0.15) is 11.3 Å². The van der Waals surface area contributed by atoms with Crippen LogP contribution in [0.3, 0.4) is 0 Å². The highest BCUT2D eigenvalue weighted by molar-refractivity contribution is 7.80. The zero-order valence-electron chi connectivity index (χ0n) is 18.9. The first-order chi connectivity index (χ1) is 16.2. The average Bonchev–Trinajstić information content (AvgIpc) is 2.79. The number of carbonyl (C=O) groups excluding carboxylic acids is 2. The zero-order chi connectivity index (χ0) is 24.8. The fourth-order valence-corrected chi connectivity index (χ4v) is 3.42. The van der Waals surface area contributed by atoms with Crippen LogP contribution in [-0.4, -0.2) is 47.3 Å². The summed E-state index contributed by atoms with van der Waals surface area (Å²) in [6.45, 7) is 5.84. The van der Waals surface area contributed by atoms with Crippen molar-refractivity contribution in [1.29, 1.82) is 0 Å². The normalized spacial score (nSPS) is 15.7. The Bertz CT molecular complexity index is 1140. The largest absolute Gasteiger partial charge is 0.494 e. The number of amides is 2. The summed E-state index contributed by atoms with van der Waals surface area (Å²) in [5, 5.41) is 11.6. The van der Waals surface area contributed by atoms with Gasteiger partial charge in [-0.25, -0.2) is 4.79 Å². The molecule has 3 rings (SSSR count). The van der Waals surface area contributed by atoms with Crippen LogP contribution in [0.4, 0.5) is 5.69 Å². The summed E-state index contributed by atoms with van der Waals surface area (Å²) in [4.78, 5) is 38.1. The second kappa shape index (κ2) is 10.8. The van der Waals surface area contributed by atoms with Crippen LogP contribution in [0.2, 0.25) is 0 Å². The molecule has 0 aromatic heterocycles. The van der Waals surface area contributed by atoms with Crippen molar-refractivity contribution in [2.24, 2.45) is 0 Å². The van der Waals surface area contributed by atoms with E-state index in [1.165, 1.54) is 24.0 Å². The van der Waals surface area contributed by atoms with Crippen LogP contribution >= 0.6 is 12.2 Å². The smallest absolute Gasteiger partial charge is 0.344 e. The van der Waals surface area contributed by atoms with Crippen LogP contribution in [0, 0.1) is 0 Å². The molecule has 1 atom stereocenters. The molecule has 178 valence electrons. The minimum Gasteiger partial charge on any atom is -0.494 e. The fraction of sp³-hybridized carbons (Fsp3) is 0.250. The maximum absolute atomic E-state index is 13.2. The Labute approximate surface area is 201 Å². The molecular weight excluding hydrogens is 460 g/mol. The van der Waals surface area contributed by atoms with Gasteiger partial charge in [0, 0.05) is 0 Å². The number of carboxylic acids is 1. The van der Waals surface area contributed by atoms with Crippen molar-refractivity contribution >= 4 is 46.9 Å². The maximum atomic E-state index is 13.2. The Hall–Kier alpha value is -3.92. The molecule has 10 heteroatoms. The van der Waals surface area contributed by atoms with E-state index in [9.17, 15) is 14.4 Å². The van der Waals surface area contributed by atoms with E-state index in [2.05, 4.69) is 5.32 Å². The standard InChI is InChI=1S/C24H24N2O7S/c1-4-31-17-9-7-16(8-10-17)26-22(28)18(21(27)25-24(26)34)12-15-6-11-19(20(13-15)32-5-2)33-14(3)23(29)30/h6-14H,4-5H2,1-3H3,(H,29,30)(H,25,27,34)/b18-12-. The van der Waals surface area contributed by atoms with Crippen LogP contribution in [0.5, 0.6) is 17.2 Å². The lowest BCUT2D eigenvalue weighted by molar-refractivity contribution is -0.144. The summed E-state index contributed by atoms with van der Waals surface area (Å²) in [5.74, 6) is -1.18. The lowest BCUT2D eigenvalue weighted by Crippen LogP contribution is -2.54. The lowest BCUT2D eigenvalue weighted by atomic mass is 10.1. The van der Waals surface area contributed by atoms with Crippen LogP contribution in [0.15, 0.2) is 48.0 Å². The summed E-state index contributed by atoms with van der Waals surface area (Å²) < 4.78 is 16.4. The van der Waals surface area contributed by atoms with Gasteiger partial charge in [-0.3, -0.25) is 19.8 Å². The van der Waals surface area contributed by atoms with Crippen molar-refractivity contribution < 1.29 is 33.7 Å². The number of rotatable bonds is 9. The number of carbonyl (C=O) groups is 3. The molecule has 0 aliphatic carbocycles. The predicted octanol–water partition coefficient (Wildman–Crippen LogP) is 3.17. The lowest BCUT2D eigenvalue weighted by Gasteiger charge is -2.29. The van der Waals surface area contributed by atoms with Gasteiger partial charge < -0.3 is 19.3 Å². The van der Waals surface area contributed by atoms with E-state index in [1.54, 1.807) is 43.3 Å². The van der Waals surface area contributed by atoms with Crippen molar-refractivity contribution in [1.82, 2.24) is 5.32 Å². The molecule has 0 spiro atoms. The zero-order valence-corrected chi connectivity index (χ0v) is 19.7. The fourth-order valence-electron chi connectivity index (χ4n) is 3.14. The molecule has 0 bridgehead atoms. The molecule has 2 aromatic rings. The number of thiocarbonyl (C=S) groups is 1. The number of carboxylic acid groups (broad SMARTS) is 1. The Balaban J connectivity index is 1.93. The van der Waals surface area contributed by atoms with Gasteiger partial charge in [-0.15, -0.1) is 0 Å². The summed E-state index contributed by atoms with van der Waals surface area (Å²) in [7, 11) is 0. The Morgan fingerprint density at radius 1 is 1.09 bits per heavy atom. The molecule has 0 radical (unpaired) electrons. The third-order valence-corrected chi connectivity index (χ3v) is 5.02. The van der Waals surface area contributed by atoms with Crippen LogP contribution in [0.1, 0.15) is 26.3 Å². The van der Waals surface area contributed by atoms with Crippen molar-refractivity contribution in [3.8, 4) is 17.2 Å². The van der Waals surface area contributed by atoms with Gasteiger partial charge in [0.05, 0.1) is 18.9 Å². The molecule has 1 heterocycles. The summed E-state index contributed by atoms with van der Waals surface area (Å²) in [6.07, 6.45) is 0.325. The van der Waals surface area contributed by atoms with E-state index in [-0.39, 0.29) is 22.2 Å². The number of hydrogen-bond donors (Lipinski definition) is 2. The molecule has 2 N–H and O–H groups in total. The molecule has 1 fully saturated rings. The van der Waals surface area contributed by atoms with Gasteiger partial charge in [0.2, 0.25) is 0 Å². The van der Waals surface area contributed by atoms with Gasteiger partial charge in [-0.1, -0.05) is 6.07 Å². The van der Waals surface area contributed by atoms with Crippen LogP contribution < -0.4 is 24.4 Å². The average molecular weight is 485 g/mol. The van der Waals surface area contributed by atoms with Crippen LogP contribution in [0.25, 0.3) is 6.08 Å². The first kappa shape index (κ1) is 24.7. The quantitative estimate of drug-likeness (QED) is 0.317. The monoisotopic (exact) mass is 484 g/mol. The summed E-state index contributed by atoms with van der Waals surface area (Å²) in [5.41, 5.74) is 0.833. The highest BCUT2D eigenvalue weighted by atomic mass is 32.1. The van der Waals surface area contributed by atoms with Gasteiger partial charge in [0.25, 0.3) is 11.8 Å². The minimum atomic E-state index is -1.12. The molecule has 2 aromatic carbocycles. The SMILES string of the molecule is CCOc1ccc(N2C(=O)/C(=C\c3ccc(OC(C)C(=O)O)c(OCC)c3)C(=O)NC2=S)cc1. The number of ether oxygens (including phenoxy) is 3. The molecule has 9 nitrogen and oxygen atoms in total. The maximum Gasteiger partial charge on any atom is 0.344 e. The highest BCUT2D eigenvalue weighted by Crippen LogP contribution is 2.31. The Morgan fingerprint density at radius 3 is 2.38 bits per heavy atom. The second-order valence-electron chi connectivity index (χ2n) is 7.12. The molecule has 1 aliphatic rings. The Morgan fingerprint density at radius 2 is 1.76 bits per heavy atom. The minimum absolute atomic E-state index is 0.0299. The number of anilines is 1. The summed E-state index contributed by atoms with van der Waals surface area (Å²) >= 11 is 5.23. The molecule has 1 unspecified atom stereocenters. The van der Waals surface area contributed by atoms with Gasteiger partial charge >= 0.3 is 5.97 Å². The van der Waals surface area contributed by atoms with E-state index in [0.29, 0.717) is 30.2 Å². The first-order valence-corrected chi connectivity index (χ1v) is 11.0. The molecular formula is C24H24N2O7S. The third kappa shape index (κ3) is 5.52. The number of nitrogens with one attached hydrogen (secondary N) is 1. The predicted molar refractivity (Wildman–Crippen MR) is 129 cm³/mol. The molecule has 1 aliphatic heterocycles. The Kier molecular flexibility index (Phi) is 7.85. The first-order valence-electron chi connectivity index (χ1n) is 10.6. The molecule has 34 heavy (non-hydrogen) atoms. The third-order valence-electron chi connectivity index (χ3n) is 4.74. The molecule has 1 saturated heterocycles. The van der Waals surface area contributed by atoms with Crippen LogP contribution in [-0.2, 0) is 14.4 Å². The van der Waals surface area contributed by atoms with Crippen molar-refractivity contribution in [3.63, 3.8) is 0 Å². The van der Waals surface area contributed by atoms with E-state index in [4.69, 9.17) is 31.5 Å². The number of aliphatic carboxylic acids is 1. The molecule has 0 saturated carbocycles. The molecule has 2 amide bonds. The number of hydrogen-bond acceptors (Lipinski definition) is 7. The van der Waals surface area contributed by atoms with E-state index < -0.39 is 23.9 Å². The topological polar surface area (TPSA) is 114 Å². The van der Waals surface area contributed by atoms with E-state index in [0.717, 1.165) is 0 Å². The van der Waals surface area contributed by atoms with Crippen molar-refractivity contribution in [3.05, 3.63) is 53.6 Å².